The van der Waals surface area contributed by atoms with Crippen molar-refractivity contribution in [3.8, 4) is 0 Å². The van der Waals surface area contributed by atoms with E-state index in [-0.39, 0.29) is 17.5 Å². The van der Waals surface area contributed by atoms with Gasteiger partial charge < -0.3 is 5.73 Å². The van der Waals surface area contributed by atoms with Gasteiger partial charge in [0.1, 0.15) is 0 Å². The summed E-state index contributed by atoms with van der Waals surface area (Å²) in [4.78, 5) is 0. The Bertz CT molecular complexity index is 466. The van der Waals surface area contributed by atoms with Gasteiger partial charge >= 0.3 is 0 Å². The summed E-state index contributed by atoms with van der Waals surface area (Å²) in [5, 5.41) is 0.753. The number of nitrogens with two attached hydrogens (primary N) is 1. The van der Waals surface area contributed by atoms with Crippen LogP contribution in [-0.2, 0) is 15.6 Å². The number of hydrogen-bond donors (Lipinski definition) is 1. The number of sulfone groups is 1. The lowest BCUT2D eigenvalue weighted by Crippen LogP contribution is -2.21. The zero-order valence-corrected chi connectivity index (χ0v) is 11.8. The normalized spacial score (nSPS) is 13.6. The quantitative estimate of drug-likeness (QED) is 0.908. The standard InChI is InChI=1S/C11H15Cl2NO2S/c1-8(14)5-6-17(15,16)7-9-10(12)3-2-4-11(9)13/h2-4,8H,5-7,14H2,1H3. The molecule has 3 nitrogen and oxygen atoms in total. The summed E-state index contributed by atoms with van der Waals surface area (Å²) < 4.78 is 23.7. The Hall–Kier alpha value is -0.290. The predicted octanol–water partition coefficient (Wildman–Crippen LogP) is 2.65. The molecule has 0 fully saturated rings. The van der Waals surface area contributed by atoms with E-state index in [1.54, 1.807) is 25.1 Å². The third-order valence-corrected chi connectivity index (χ3v) is 4.60. The summed E-state index contributed by atoms with van der Waals surface area (Å²) in [6.07, 6.45) is 0.435. The zero-order valence-electron chi connectivity index (χ0n) is 9.49. The highest BCUT2D eigenvalue weighted by Crippen LogP contribution is 2.26. The van der Waals surface area contributed by atoms with Gasteiger partial charge in [0.25, 0.3) is 0 Å². The lowest BCUT2D eigenvalue weighted by Gasteiger charge is -2.09. The Kier molecular flexibility index (Phi) is 5.25. The van der Waals surface area contributed by atoms with E-state index in [0.29, 0.717) is 22.0 Å². The first-order chi connectivity index (χ1) is 7.82. The topological polar surface area (TPSA) is 60.2 Å². The average Bonchev–Trinajstić information content (AvgIpc) is 2.21. The van der Waals surface area contributed by atoms with Gasteiger partial charge in [0, 0.05) is 21.7 Å². The van der Waals surface area contributed by atoms with Gasteiger partial charge in [-0.2, -0.15) is 0 Å². The third-order valence-electron chi connectivity index (χ3n) is 2.31. The van der Waals surface area contributed by atoms with Gasteiger partial charge in [-0.1, -0.05) is 29.3 Å². The SMILES string of the molecule is CC(N)CCS(=O)(=O)Cc1c(Cl)cccc1Cl. The maximum absolute atomic E-state index is 11.8. The summed E-state index contributed by atoms with van der Waals surface area (Å²) in [5.74, 6) is -0.0928. The van der Waals surface area contributed by atoms with E-state index in [0.717, 1.165) is 0 Å². The lowest BCUT2D eigenvalue weighted by molar-refractivity contribution is 0.586. The van der Waals surface area contributed by atoms with Crippen molar-refractivity contribution in [2.75, 3.05) is 5.75 Å². The second-order valence-electron chi connectivity index (χ2n) is 4.06. The van der Waals surface area contributed by atoms with Crippen LogP contribution < -0.4 is 5.73 Å². The van der Waals surface area contributed by atoms with E-state index in [1.165, 1.54) is 0 Å². The van der Waals surface area contributed by atoms with Crippen molar-refractivity contribution in [1.82, 2.24) is 0 Å². The molecule has 1 atom stereocenters. The molecule has 0 amide bonds. The van der Waals surface area contributed by atoms with Crippen LogP contribution in [0.1, 0.15) is 18.9 Å². The average molecular weight is 296 g/mol. The molecule has 1 aromatic rings. The van der Waals surface area contributed by atoms with Crippen molar-refractivity contribution in [2.24, 2.45) is 5.73 Å². The van der Waals surface area contributed by atoms with Gasteiger partial charge in [-0.25, -0.2) is 8.42 Å². The summed E-state index contributed by atoms with van der Waals surface area (Å²) in [7, 11) is -3.22. The molecule has 0 radical (unpaired) electrons. The Labute approximate surface area is 112 Å². The fraction of sp³-hybridized carbons (Fsp3) is 0.455. The van der Waals surface area contributed by atoms with Crippen LogP contribution in [0.2, 0.25) is 10.0 Å². The molecule has 0 aliphatic carbocycles. The number of hydrogen-bond acceptors (Lipinski definition) is 3. The van der Waals surface area contributed by atoms with Crippen LogP contribution in [0.5, 0.6) is 0 Å². The van der Waals surface area contributed by atoms with Crippen LogP contribution in [0.3, 0.4) is 0 Å². The molecule has 0 aromatic heterocycles. The Morgan fingerprint density at radius 1 is 1.29 bits per heavy atom. The molecule has 1 unspecified atom stereocenters. The second-order valence-corrected chi connectivity index (χ2v) is 7.06. The van der Waals surface area contributed by atoms with Gasteiger partial charge in [-0.05, 0) is 25.5 Å². The van der Waals surface area contributed by atoms with Crippen LogP contribution in [0, 0.1) is 0 Å². The van der Waals surface area contributed by atoms with E-state index >= 15 is 0 Å². The number of benzene rings is 1. The summed E-state index contributed by atoms with van der Waals surface area (Å²) >= 11 is 11.8. The first-order valence-electron chi connectivity index (χ1n) is 5.21. The molecule has 17 heavy (non-hydrogen) atoms. The molecule has 1 aromatic carbocycles. The van der Waals surface area contributed by atoms with E-state index in [1.807, 2.05) is 0 Å². The molecule has 96 valence electrons. The molecule has 0 bridgehead atoms. The van der Waals surface area contributed by atoms with Crippen molar-refractivity contribution >= 4 is 33.0 Å². The van der Waals surface area contributed by atoms with E-state index < -0.39 is 9.84 Å². The smallest absolute Gasteiger partial charge is 0.154 e. The molecular weight excluding hydrogens is 281 g/mol. The lowest BCUT2D eigenvalue weighted by atomic mass is 10.2. The van der Waals surface area contributed by atoms with E-state index in [9.17, 15) is 8.42 Å². The molecule has 2 N–H and O–H groups in total. The van der Waals surface area contributed by atoms with Gasteiger partial charge in [0.15, 0.2) is 9.84 Å². The van der Waals surface area contributed by atoms with Crippen LogP contribution in [0.15, 0.2) is 18.2 Å². The molecular formula is C11H15Cl2NO2S. The minimum Gasteiger partial charge on any atom is -0.328 e. The van der Waals surface area contributed by atoms with Crippen molar-refractivity contribution in [3.63, 3.8) is 0 Å². The molecule has 0 saturated heterocycles. The molecule has 0 heterocycles. The summed E-state index contributed by atoms with van der Waals surface area (Å²) in [6.45, 7) is 1.78. The molecule has 0 saturated carbocycles. The van der Waals surface area contributed by atoms with Gasteiger partial charge in [0.05, 0.1) is 11.5 Å². The highest BCUT2D eigenvalue weighted by Gasteiger charge is 2.17. The largest absolute Gasteiger partial charge is 0.328 e. The molecule has 0 aliphatic rings. The molecule has 1 rings (SSSR count). The Morgan fingerprint density at radius 2 is 1.82 bits per heavy atom. The van der Waals surface area contributed by atoms with Crippen LogP contribution >= 0.6 is 23.2 Å². The van der Waals surface area contributed by atoms with Gasteiger partial charge in [-0.15, -0.1) is 0 Å². The molecule has 6 heteroatoms. The first-order valence-corrected chi connectivity index (χ1v) is 7.78. The number of rotatable bonds is 5. The van der Waals surface area contributed by atoms with Crippen molar-refractivity contribution in [3.05, 3.63) is 33.8 Å². The minimum absolute atomic E-state index is 0.0478. The maximum atomic E-state index is 11.8. The Balaban J connectivity index is 2.83. The van der Waals surface area contributed by atoms with Crippen molar-refractivity contribution in [2.45, 2.75) is 25.1 Å². The predicted molar refractivity (Wildman–Crippen MR) is 72.2 cm³/mol. The highest BCUT2D eigenvalue weighted by molar-refractivity contribution is 7.90. The first kappa shape index (κ1) is 14.8. The van der Waals surface area contributed by atoms with Crippen LogP contribution in [-0.4, -0.2) is 20.2 Å². The Morgan fingerprint density at radius 3 is 2.29 bits per heavy atom. The maximum Gasteiger partial charge on any atom is 0.154 e. The monoisotopic (exact) mass is 295 g/mol. The van der Waals surface area contributed by atoms with Crippen molar-refractivity contribution in [1.29, 1.82) is 0 Å². The van der Waals surface area contributed by atoms with Crippen LogP contribution in [0.25, 0.3) is 0 Å². The molecule has 0 aliphatic heterocycles. The summed E-state index contributed by atoms with van der Waals surface area (Å²) in [6, 6.07) is 4.81. The second kappa shape index (κ2) is 6.05. The van der Waals surface area contributed by atoms with Gasteiger partial charge in [0.2, 0.25) is 0 Å². The minimum atomic E-state index is -3.22. The van der Waals surface area contributed by atoms with Crippen molar-refractivity contribution < 1.29 is 8.42 Å². The summed E-state index contributed by atoms with van der Waals surface area (Å²) in [5.41, 5.74) is 6.00. The van der Waals surface area contributed by atoms with E-state index in [2.05, 4.69) is 0 Å². The fourth-order valence-corrected chi connectivity index (χ4v) is 3.64. The third kappa shape index (κ3) is 4.84. The highest BCUT2D eigenvalue weighted by atomic mass is 35.5. The van der Waals surface area contributed by atoms with Gasteiger partial charge in [-0.3, -0.25) is 0 Å². The van der Waals surface area contributed by atoms with E-state index in [4.69, 9.17) is 28.9 Å². The number of halogens is 2. The zero-order chi connectivity index (χ0) is 13.1. The van der Waals surface area contributed by atoms with Crippen LogP contribution in [0.4, 0.5) is 0 Å². The fourth-order valence-electron chi connectivity index (χ4n) is 1.33. The molecule has 0 spiro atoms.